The van der Waals surface area contributed by atoms with Crippen molar-refractivity contribution in [2.45, 2.75) is 13.0 Å². The van der Waals surface area contributed by atoms with Crippen molar-refractivity contribution in [1.82, 2.24) is 6.15 Å². The Morgan fingerprint density at radius 1 is 1.46 bits per heavy atom. The molecule has 0 rings (SSSR count). The third-order valence-corrected chi connectivity index (χ3v) is 0.829. The van der Waals surface area contributed by atoms with Gasteiger partial charge in [-0.1, -0.05) is 0 Å². The predicted molar refractivity (Wildman–Crippen MR) is 44.4 cm³/mol. The molecule has 0 aliphatic rings. The molecular formula is C7H13NO5. The summed E-state index contributed by atoms with van der Waals surface area (Å²) in [5.74, 6) is -2.00. The van der Waals surface area contributed by atoms with Crippen LogP contribution in [0.3, 0.4) is 0 Å². The molecular weight excluding hydrogens is 178 g/mol. The minimum atomic E-state index is -1.22. The molecule has 13 heavy (non-hydrogen) atoms. The highest BCUT2D eigenvalue weighted by Crippen LogP contribution is 1.86. The Balaban J connectivity index is 0. The Kier molecular flexibility index (Phi) is 7.90. The normalized spacial score (nSPS) is 11.8. The Bertz CT molecular complexity index is 199. The van der Waals surface area contributed by atoms with E-state index in [0.717, 1.165) is 6.08 Å². The van der Waals surface area contributed by atoms with Crippen molar-refractivity contribution in [1.29, 1.82) is 0 Å². The summed E-state index contributed by atoms with van der Waals surface area (Å²) in [5.41, 5.74) is 0. The molecule has 0 aliphatic heterocycles. The SMILES string of the molecule is CC(O)COC(=O)/C=C\C(=O)O.N. The van der Waals surface area contributed by atoms with E-state index in [-0.39, 0.29) is 12.8 Å². The standard InChI is InChI=1S/C7H10O5.H3N/c1-5(8)4-12-7(11)3-2-6(9)10;/h2-3,5,8H,4H2,1H3,(H,9,10);1H3/b3-2-;. The Hall–Kier alpha value is -1.40. The van der Waals surface area contributed by atoms with Gasteiger partial charge in [-0.15, -0.1) is 0 Å². The summed E-state index contributed by atoms with van der Waals surface area (Å²) in [6.45, 7) is 1.32. The van der Waals surface area contributed by atoms with Crippen LogP contribution in [0.15, 0.2) is 12.2 Å². The third-order valence-electron chi connectivity index (χ3n) is 0.829. The number of aliphatic hydroxyl groups is 1. The zero-order chi connectivity index (χ0) is 9.56. The maximum Gasteiger partial charge on any atom is 0.331 e. The molecule has 76 valence electrons. The molecule has 0 aromatic rings. The second-order valence-corrected chi connectivity index (χ2v) is 2.15. The quantitative estimate of drug-likeness (QED) is 0.415. The van der Waals surface area contributed by atoms with Crippen molar-refractivity contribution in [3.05, 3.63) is 12.2 Å². The number of carboxylic acid groups (broad SMARTS) is 1. The number of esters is 1. The monoisotopic (exact) mass is 191 g/mol. The van der Waals surface area contributed by atoms with E-state index in [0.29, 0.717) is 6.08 Å². The number of carbonyl (C=O) groups excluding carboxylic acids is 1. The molecule has 0 heterocycles. The Morgan fingerprint density at radius 2 is 2.00 bits per heavy atom. The van der Waals surface area contributed by atoms with Crippen LogP contribution in [0.25, 0.3) is 0 Å². The summed E-state index contributed by atoms with van der Waals surface area (Å²) in [5, 5.41) is 16.8. The number of carbonyl (C=O) groups is 2. The molecule has 0 radical (unpaired) electrons. The first kappa shape index (κ1) is 14.1. The summed E-state index contributed by atoms with van der Waals surface area (Å²) < 4.78 is 4.41. The Labute approximate surface area is 75.4 Å². The zero-order valence-electron chi connectivity index (χ0n) is 7.27. The van der Waals surface area contributed by atoms with Gasteiger partial charge in [0.2, 0.25) is 0 Å². The number of rotatable bonds is 4. The van der Waals surface area contributed by atoms with Gasteiger partial charge in [0.15, 0.2) is 0 Å². The topological polar surface area (TPSA) is 119 Å². The maximum absolute atomic E-state index is 10.6. The lowest BCUT2D eigenvalue weighted by Gasteiger charge is -2.02. The molecule has 0 bridgehead atoms. The third kappa shape index (κ3) is 10.6. The van der Waals surface area contributed by atoms with Gasteiger partial charge in [0.1, 0.15) is 6.61 Å². The number of ether oxygens (including phenoxy) is 1. The molecule has 1 atom stereocenters. The number of hydrogen-bond donors (Lipinski definition) is 3. The van der Waals surface area contributed by atoms with Crippen molar-refractivity contribution >= 4 is 11.9 Å². The average Bonchev–Trinajstić information content (AvgIpc) is 1.96. The highest BCUT2D eigenvalue weighted by molar-refractivity contribution is 5.90. The number of hydrogen-bond acceptors (Lipinski definition) is 5. The van der Waals surface area contributed by atoms with Crippen LogP contribution >= 0.6 is 0 Å². The molecule has 0 fully saturated rings. The molecule has 1 unspecified atom stereocenters. The lowest BCUT2D eigenvalue weighted by Crippen LogP contribution is -2.13. The fraction of sp³-hybridized carbons (Fsp3) is 0.429. The summed E-state index contributed by atoms with van der Waals surface area (Å²) >= 11 is 0. The molecule has 6 nitrogen and oxygen atoms in total. The van der Waals surface area contributed by atoms with E-state index in [2.05, 4.69) is 4.74 Å². The van der Waals surface area contributed by atoms with Gasteiger partial charge >= 0.3 is 11.9 Å². The van der Waals surface area contributed by atoms with Crippen LogP contribution in [0.5, 0.6) is 0 Å². The fourth-order valence-electron chi connectivity index (χ4n) is 0.390. The zero-order valence-corrected chi connectivity index (χ0v) is 7.27. The van der Waals surface area contributed by atoms with Crippen LogP contribution in [0.1, 0.15) is 6.92 Å². The van der Waals surface area contributed by atoms with E-state index in [4.69, 9.17) is 10.2 Å². The van der Waals surface area contributed by atoms with Crippen LogP contribution in [0.2, 0.25) is 0 Å². The van der Waals surface area contributed by atoms with E-state index in [9.17, 15) is 9.59 Å². The summed E-state index contributed by atoms with van der Waals surface area (Å²) in [6, 6.07) is 0. The van der Waals surface area contributed by atoms with Gasteiger partial charge in [0, 0.05) is 12.2 Å². The van der Waals surface area contributed by atoms with E-state index < -0.39 is 18.0 Å². The van der Waals surface area contributed by atoms with Crippen LogP contribution in [-0.2, 0) is 14.3 Å². The fourth-order valence-corrected chi connectivity index (χ4v) is 0.390. The maximum atomic E-state index is 10.6. The van der Waals surface area contributed by atoms with Crippen LogP contribution in [0, 0.1) is 0 Å². The molecule has 5 N–H and O–H groups in total. The Morgan fingerprint density at radius 3 is 2.38 bits per heavy atom. The number of carboxylic acids is 1. The molecule has 0 saturated heterocycles. The van der Waals surface area contributed by atoms with Crippen molar-refractivity contribution in [2.75, 3.05) is 6.61 Å². The minimum Gasteiger partial charge on any atom is -0.478 e. The summed E-state index contributed by atoms with van der Waals surface area (Å²) in [4.78, 5) is 20.5. The van der Waals surface area contributed by atoms with Gasteiger partial charge in [-0.2, -0.15) is 0 Å². The van der Waals surface area contributed by atoms with Gasteiger partial charge in [0.25, 0.3) is 0 Å². The van der Waals surface area contributed by atoms with E-state index in [1.165, 1.54) is 6.92 Å². The van der Waals surface area contributed by atoms with Crippen molar-refractivity contribution < 1.29 is 24.5 Å². The average molecular weight is 191 g/mol. The van der Waals surface area contributed by atoms with Crippen LogP contribution in [-0.4, -0.2) is 34.9 Å². The largest absolute Gasteiger partial charge is 0.478 e. The second kappa shape index (κ2) is 7.26. The number of aliphatic hydroxyl groups excluding tert-OH is 1. The molecule has 0 amide bonds. The smallest absolute Gasteiger partial charge is 0.331 e. The van der Waals surface area contributed by atoms with Gasteiger partial charge in [-0.05, 0) is 6.92 Å². The first-order valence-electron chi connectivity index (χ1n) is 3.28. The minimum absolute atomic E-state index is 0. The summed E-state index contributed by atoms with van der Waals surface area (Å²) in [6.07, 6.45) is 0.710. The molecule has 0 saturated carbocycles. The lowest BCUT2D eigenvalue weighted by atomic mass is 10.4. The van der Waals surface area contributed by atoms with Crippen molar-refractivity contribution in [3.63, 3.8) is 0 Å². The van der Waals surface area contributed by atoms with Crippen LogP contribution in [0.4, 0.5) is 0 Å². The van der Waals surface area contributed by atoms with Crippen molar-refractivity contribution in [3.8, 4) is 0 Å². The van der Waals surface area contributed by atoms with Gasteiger partial charge in [0.05, 0.1) is 6.10 Å². The summed E-state index contributed by atoms with van der Waals surface area (Å²) in [7, 11) is 0. The highest BCUT2D eigenvalue weighted by Gasteiger charge is 2.00. The number of aliphatic carboxylic acids is 1. The predicted octanol–water partition coefficient (Wildman–Crippen LogP) is -0.287. The molecule has 0 aromatic carbocycles. The second-order valence-electron chi connectivity index (χ2n) is 2.15. The molecule has 0 aromatic heterocycles. The first-order valence-corrected chi connectivity index (χ1v) is 3.28. The van der Waals surface area contributed by atoms with Gasteiger partial charge < -0.3 is 21.1 Å². The molecule has 0 spiro atoms. The molecule has 0 aliphatic carbocycles. The first-order chi connectivity index (χ1) is 5.52. The van der Waals surface area contributed by atoms with Crippen molar-refractivity contribution in [2.24, 2.45) is 0 Å². The van der Waals surface area contributed by atoms with Gasteiger partial charge in [-0.25, -0.2) is 9.59 Å². The lowest BCUT2D eigenvalue weighted by molar-refractivity contribution is -0.141. The van der Waals surface area contributed by atoms with Gasteiger partial charge in [-0.3, -0.25) is 0 Å². The van der Waals surface area contributed by atoms with E-state index in [1.54, 1.807) is 0 Å². The molecule has 6 heteroatoms. The van der Waals surface area contributed by atoms with E-state index >= 15 is 0 Å². The highest BCUT2D eigenvalue weighted by atomic mass is 16.5. The van der Waals surface area contributed by atoms with Crippen LogP contribution < -0.4 is 6.15 Å². The van der Waals surface area contributed by atoms with E-state index in [1.807, 2.05) is 0 Å².